The Hall–Kier alpha value is -2.28. The van der Waals surface area contributed by atoms with E-state index in [1.165, 1.54) is 6.07 Å². The van der Waals surface area contributed by atoms with Crippen molar-refractivity contribution in [2.24, 2.45) is 0 Å². The maximum Gasteiger partial charge on any atom is 0.231 e. The van der Waals surface area contributed by atoms with Crippen LogP contribution in [-0.4, -0.2) is 41.2 Å². The van der Waals surface area contributed by atoms with Crippen LogP contribution in [0.4, 0.5) is 4.39 Å². The summed E-state index contributed by atoms with van der Waals surface area (Å²) in [4.78, 5) is 18.2. The molecule has 24 heavy (non-hydrogen) atoms. The van der Waals surface area contributed by atoms with Gasteiger partial charge in [0.05, 0.1) is 12.5 Å². The smallest absolute Gasteiger partial charge is 0.231 e. The zero-order valence-corrected chi connectivity index (χ0v) is 13.6. The Morgan fingerprint density at radius 1 is 1.42 bits per heavy atom. The molecule has 1 atom stereocenters. The average Bonchev–Trinajstić information content (AvgIpc) is 3.06. The minimum Gasteiger partial charge on any atom is -0.384 e. The standard InChI is InChI=1S/C17H20FN3O3/c1-23-9-8-15-19-17(24-20-15)13-6-7-16(22)21(11-13)10-12-4-2-3-5-14(12)18/h2-5,13H,6-11H2,1H3. The van der Waals surface area contributed by atoms with Gasteiger partial charge in [0.1, 0.15) is 5.82 Å². The fourth-order valence-corrected chi connectivity index (χ4v) is 2.83. The topological polar surface area (TPSA) is 68.5 Å². The summed E-state index contributed by atoms with van der Waals surface area (Å²) < 4.78 is 24.2. The molecule has 2 aromatic rings. The highest BCUT2D eigenvalue weighted by atomic mass is 19.1. The van der Waals surface area contributed by atoms with E-state index >= 15 is 0 Å². The van der Waals surface area contributed by atoms with Gasteiger partial charge in [-0.3, -0.25) is 4.79 Å². The highest BCUT2D eigenvalue weighted by molar-refractivity contribution is 5.77. The number of nitrogens with zero attached hydrogens (tertiary/aromatic N) is 3. The van der Waals surface area contributed by atoms with E-state index in [0.717, 1.165) is 0 Å². The largest absolute Gasteiger partial charge is 0.384 e. The monoisotopic (exact) mass is 333 g/mol. The first-order valence-corrected chi connectivity index (χ1v) is 8.00. The summed E-state index contributed by atoms with van der Waals surface area (Å²) in [6, 6.07) is 6.51. The van der Waals surface area contributed by atoms with Crippen LogP contribution in [0.3, 0.4) is 0 Å². The van der Waals surface area contributed by atoms with Gasteiger partial charge in [0.25, 0.3) is 0 Å². The first-order chi connectivity index (χ1) is 11.7. The number of ether oxygens (including phenoxy) is 1. The molecule has 2 heterocycles. The second-order valence-electron chi connectivity index (χ2n) is 5.89. The molecule has 0 radical (unpaired) electrons. The molecule has 1 aromatic heterocycles. The maximum absolute atomic E-state index is 13.8. The van der Waals surface area contributed by atoms with Crippen molar-refractivity contribution in [3.05, 3.63) is 47.4 Å². The Morgan fingerprint density at radius 2 is 2.25 bits per heavy atom. The third-order valence-corrected chi connectivity index (χ3v) is 4.18. The lowest BCUT2D eigenvalue weighted by Crippen LogP contribution is -2.38. The second-order valence-corrected chi connectivity index (χ2v) is 5.89. The fraction of sp³-hybridized carbons (Fsp3) is 0.471. The SMILES string of the molecule is COCCc1noc(C2CCC(=O)N(Cc3ccccc3F)C2)n1. The van der Waals surface area contributed by atoms with E-state index in [9.17, 15) is 9.18 Å². The van der Waals surface area contributed by atoms with Gasteiger partial charge < -0.3 is 14.2 Å². The van der Waals surface area contributed by atoms with Crippen molar-refractivity contribution in [2.75, 3.05) is 20.3 Å². The molecule has 128 valence electrons. The normalized spacial score (nSPS) is 18.2. The average molecular weight is 333 g/mol. The number of carbonyl (C=O) groups excluding carboxylic acids is 1. The molecule has 1 amide bonds. The van der Waals surface area contributed by atoms with Crippen molar-refractivity contribution >= 4 is 5.91 Å². The maximum atomic E-state index is 13.8. The Kier molecular flexibility index (Phi) is 5.20. The van der Waals surface area contributed by atoms with Crippen LogP contribution in [0.1, 0.15) is 36.0 Å². The van der Waals surface area contributed by atoms with Crippen LogP contribution >= 0.6 is 0 Å². The molecule has 1 aliphatic rings. The van der Waals surface area contributed by atoms with Crippen LogP contribution in [-0.2, 0) is 22.5 Å². The van der Waals surface area contributed by atoms with Gasteiger partial charge in [0.15, 0.2) is 5.82 Å². The van der Waals surface area contributed by atoms with Crippen molar-refractivity contribution < 1.29 is 18.4 Å². The first-order valence-electron chi connectivity index (χ1n) is 8.00. The molecule has 0 saturated carbocycles. The molecule has 6 nitrogen and oxygen atoms in total. The molecule has 1 fully saturated rings. The van der Waals surface area contributed by atoms with Gasteiger partial charge >= 0.3 is 0 Å². The van der Waals surface area contributed by atoms with Gasteiger partial charge in [-0.25, -0.2) is 4.39 Å². The lowest BCUT2D eigenvalue weighted by Gasteiger charge is -2.31. The predicted molar refractivity (Wildman–Crippen MR) is 83.7 cm³/mol. The first kappa shape index (κ1) is 16.6. The summed E-state index contributed by atoms with van der Waals surface area (Å²) >= 11 is 0. The Balaban J connectivity index is 1.68. The minimum atomic E-state index is -0.299. The highest BCUT2D eigenvalue weighted by Crippen LogP contribution is 2.27. The van der Waals surface area contributed by atoms with Gasteiger partial charge in [-0.05, 0) is 12.5 Å². The number of halogens is 1. The molecule has 0 N–H and O–H groups in total. The number of hydrogen-bond acceptors (Lipinski definition) is 5. The molecule has 1 aliphatic heterocycles. The third-order valence-electron chi connectivity index (χ3n) is 4.18. The van der Waals surface area contributed by atoms with Gasteiger partial charge in [-0.2, -0.15) is 4.98 Å². The second kappa shape index (κ2) is 7.53. The highest BCUT2D eigenvalue weighted by Gasteiger charge is 2.30. The summed E-state index contributed by atoms with van der Waals surface area (Å²) in [5.74, 6) is 0.843. The van der Waals surface area contributed by atoms with Crippen LogP contribution in [0.15, 0.2) is 28.8 Å². The lowest BCUT2D eigenvalue weighted by atomic mass is 9.97. The number of likely N-dealkylation sites (tertiary alicyclic amines) is 1. The molecule has 0 aliphatic carbocycles. The van der Waals surface area contributed by atoms with E-state index in [-0.39, 0.29) is 24.2 Å². The number of methoxy groups -OCH3 is 1. The van der Waals surface area contributed by atoms with E-state index in [2.05, 4.69) is 10.1 Å². The number of aromatic nitrogens is 2. The van der Waals surface area contributed by atoms with E-state index in [4.69, 9.17) is 9.26 Å². The van der Waals surface area contributed by atoms with Gasteiger partial charge in [-0.15, -0.1) is 0 Å². The Labute approximate surface area is 139 Å². The quantitative estimate of drug-likeness (QED) is 0.811. The number of benzene rings is 1. The molecule has 0 spiro atoms. The van der Waals surface area contributed by atoms with Gasteiger partial charge in [-0.1, -0.05) is 23.4 Å². The summed E-state index contributed by atoms with van der Waals surface area (Å²) in [6.45, 7) is 1.24. The van der Waals surface area contributed by atoms with Crippen LogP contribution in [0.25, 0.3) is 0 Å². The lowest BCUT2D eigenvalue weighted by molar-refractivity contribution is -0.134. The number of rotatable bonds is 6. The van der Waals surface area contributed by atoms with E-state index in [1.54, 1.807) is 30.2 Å². The zero-order chi connectivity index (χ0) is 16.9. The van der Waals surface area contributed by atoms with Crippen molar-refractivity contribution in [1.82, 2.24) is 15.0 Å². The Morgan fingerprint density at radius 3 is 3.04 bits per heavy atom. The van der Waals surface area contributed by atoms with Crippen molar-refractivity contribution in [1.29, 1.82) is 0 Å². The van der Waals surface area contributed by atoms with E-state index in [0.29, 0.717) is 49.7 Å². The van der Waals surface area contributed by atoms with E-state index in [1.807, 2.05) is 0 Å². The fourth-order valence-electron chi connectivity index (χ4n) is 2.83. The summed E-state index contributed by atoms with van der Waals surface area (Å²) in [7, 11) is 1.62. The number of carbonyl (C=O) groups is 1. The van der Waals surface area contributed by atoms with Crippen molar-refractivity contribution in [2.45, 2.75) is 31.7 Å². The van der Waals surface area contributed by atoms with Crippen molar-refractivity contribution in [3.63, 3.8) is 0 Å². The predicted octanol–water partition coefficient (Wildman–Crippen LogP) is 2.30. The number of piperidine rings is 1. The van der Waals surface area contributed by atoms with Gasteiger partial charge in [0.2, 0.25) is 11.8 Å². The van der Waals surface area contributed by atoms with Crippen LogP contribution in [0.2, 0.25) is 0 Å². The molecular weight excluding hydrogens is 313 g/mol. The van der Waals surface area contributed by atoms with Crippen molar-refractivity contribution in [3.8, 4) is 0 Å². The molecule has 7 heteroatoms. The molecule has 1 saturated heterocycles. The number of amides is 1. The van der Waals surface area contributed by atoms with Crippen LogP contribution in [0.5, 0.6) is 0 Å². The zero-order valence-electron chi connectivity index (χ0n) is 13.6. The summed E-state index contributed by atoms with van der Waals surface area (Å²) in [5, 5.41) is 3.94. The molecule has 1 aromatic carbocycles. The summed E-state index contributed by atoms with van der Waals surface area (Å²) in [5.41, 5.74) is 0.512. The molecule has 3 rings (SSSR count). The van der Waals surface area contributed by atoms with Crippen LogP contribution < -0.4 is 0 Å². The molecule has 1 unspecified atom stereocenters. The third kappa shape index (κ3) is 3.79. The Bertz CT molecular complexity index is 704. The minimum absolute atomic E-state index is 0.0155. The molecular formula is C17H20FN3O3. The molecule has 0 bridgehead atoms. The number of hydrogen-bond donors (Lipinski definition) is 0. The summed E-state index contributed by atoms with van der Waals surface area (Å²) in [6.07, 6.45) is 1.65. The van der Waals surface area contributed by atoms with Crippen LogP contribution in [0, 0.1) is 5.82 Å². The van der Waals surface area contributed by atoms with Gasteiger partial charge in [0, 0.05) is 38.6 Å². The van der Waals surface area contributed by atoms with E-state index < -0.39 is 0 Å².